The van der Waals surface area contributed by atoms with Crippen molar-refractivity contribution in [2.24, 2.45) is 0 Å². The first-order valence-corrected chi connectivity index (χ1v) is 8.70. The molecule has 14 heavy (non-hydrogen) atoms. The molecule has 0 radical (unpaired) electrons. The molecule has 0 saturated heterocycles. The van der Waals surface area contributed by atoms with Gasteiger partial charge in [0.15, 0.2) is 5.05 Å². The van der Waals surface area contributed by atoms with Crippen LogP contribution in [-0.2, 0) is 0 Å². The van der Waals surface area contributed by atoms with Crippen LogP contribution in [0.2, 0.25) is 19.6 Å². The number of rotatable bonds is 6. The molecule has 0 saturated carbocycles. The average molecular weight is 231 g/mol. The van der Waals surface area contributed by atoms with E-state index in [-0.39, 0.29) is 5.05 Å². The second-order valence-corrected chi connectivity index (χ2v) is 10.1. The monoisotopic (exact) mass is 231 g/mol. The summed E-state index contributed by atoms with van der Waals surface area (Å²) >= 11 is 4.74. The van der Waals surface area contributed by atoms with Crippen molar-refractivity contribution in [2.45, 2.75) is 38.5 Å². The van der Waals surface area contributed by atoms with Gasteiger partial charge in [-0.15, -0.1) is 6.58 Å². The van der Waals surface area contributed by atoms with E-state index >= 15 is 0 Å². The number of thiocarbonyl (C=S) groups is 1. The maximum Gasteiger partial charge on any atom is 0.158 e. The predicted octanol–water partition coefficient (Wildman–Crippen LogP) is 2.97. The minimum Gasteiger partial charge on any atom is -0.502 e. The lowest BCUT2D eigenvalue weighted by Gasteiger charge is -2.36. The van der Waals surface area contributed by atoms with E-state index in [1.54, 1.807) is 0 Å². The van der Waals surface area contributed by atoms with Crippen molar-refractivity contribution in [2.75, 3.05) is 7.05 Å². The third-order valence-corrected chi connectivity index (χ3v) is 5.10. The Balaban J connectivity index is 4.47. The van der Waals surface area contributed by atoms with Crippen molar-refractivity contribution in [3.8, 4) is 0 Å². The van der Waals surface area contributed by atoms with Gasteiger partial charge < -0.3 is 9.67 Å². The summed E-state index contributed by atoms with van der Waals surface area (Å²) in [6.45, 7) is 10.6. The molecular formula is C10H21NOSSi. The van der Waals surface area contributed by atoms with Gasteiger partial charge in [0, 0.05) is 12.5 Å². The molecule has 0 fully saturated rings. The molecule has 1 N–H and O–H groups in total. The van der Waals surface area contributed by atoms with E-state index in [9.17, 15) is 0 Å². The summed E-state index contributed by atoms with van der Waals surface area (Å²) in [4.78, 5) is 0. The van der Waals surface area contributed by atoms with E-state index < -0.39 is 8.24 Å². The van der Waals surface area contributed by atoms with Crippen LogP contribution in [0.15, 0.2) is 12.7 Å². The van der Waals surface area contributed by atoms with Crippen LogP contribution in [0.5, 0.6) is 0 Å². The molecule has 0 aliphatic rings. The van der Waals surface area contributed by atoms with Crippen molar-refractivity contribution in [1.29, 1.82) is 0 Å². The Morgan fingerprint density at radius 3 is 2.36 bits per heavy atom. The average Bonchev–Trinajstić information content (AvgIpc) is 2.00. The van der Waals surface area contributed by atoms with Crippen molar-refractivity contribution in [3.05, 3.63) is 12.7 Å². The first-order valence-electron chi connectivity index (χ1n) is 4.84. The van der Waals surface area contributed by atoms with E-state index in [4.69, 9.17) is 17.3 Å². The van der Waals surface area contributed by atoms with Gasteiger partial charge in [-0.3, -0.25) is 0 Å². The van der Waals surface area contributed by atoms with E-state index in [1.165, 1.54) is 0 Å². The molecule has 1 atom stereocenters. The van der Waals surface area contributed by atoms with Crippen LogP contribution in [0.1, 0.15) is 12.8 Å². The zero-order chi connectivity index (χ0) is 11.4. The second kappa shape index (κ2) is 5.63. The first kappa shape index (κ1) is 13.8. The molecule has 82 valence electrons. The van der Waals surface area contributed by atoms with Crippen molar-refractivity contribution >= 4 is 25.5 Å². The molecule has 1 unspecified atom stereocenters. The number of hydrogen-bond donors (Lipinski definition) is 1. The molecule has 0 amide bonds. The standard InChI is InChI=1S/C10H21NOSSi/c1-6-7-9(8-10(12)13)11(2)14(3,4)5/h6,9H,1,7-8H2,2-5H3,(H,12,13). The Hall–Kier alpha value is -0.193. The molecule has 0 heterocycles. The summed E-state index contributed by atoms with van der Waals surface area (Å²) in [6, 6.07) is 0.302. The van der Waals surface area contributed by atoms with Gasteiger partial charge in [-0.2, -0.15) is 0 Å². The molecular weight excluding hydrogens is 210 g/mol. The topological polar surface area (TPSA) is 23.5 Å². The van der Waals surface area contributed by atoms with E-state index in [0.717, 1.165) is 6.42 Å². The van der Waals surface area contributed by atoms with Gasteiger partial charge in [-0.05, 0) is 25.7 Å². The Morgan fingerprint density at radius 1 is 1.57 bits per heavy atom. The Bertz CT molecular complexity index is 213. The molecule has 4 heteroatoms. The fourth-order valence-electron chi connectivity index (χ4n) is 1.32. The van der Waals surface area contributed by atoms with Crippen molar-refractivity contribution < 1.29 is 5.11 Å². The molecule has 0 aromatic carbocycles. The fraction of sp³-hybridized carbons (Fsp3) is 0.700. The van der Waals surface area contributed by atoms with Gasteiger partial charge in [0.2, 0.25) is 0 Å². The predicted molar refractivity (Wildman–Crippen MR) is 69.6 cm³/mol. The summed E-state index contributed by atoms with van der Waals surface area (Å²) < 4.78 is 2.36. The lowest BCUT2D eigenvalue weighted by atomic mass is 10.1. The Labute approximate surface area is 93.7 Å². The lowest BCUT2D eigenvalue weighted by molar-refractivity contribution is 0.366. The molecule has 0 bridgehead atoms. The number of hydrogen-bond acceptors (Lipinski definition) is 2. The Kier molecular flexibility index (Phi) is 5.55. The first-order chi connectivity index (χ1) is 6.29. The quantitative estimate of drug-likeness (QED) is 0.432. The van der Waals surface area contributed by atoms with Crippen LogP contribution in [0.25, 0.3) is 0 Å². The van der Waals surface area contributed by atoms with Gasteiger partial charge in [-0.1, -0.05) is 25.7 Å². The summed E-state index contributed by atoms with van der Waals surface area (Å²) in [7, 11) is 0.797. The van der Waals surface area contributed by atoms with Crippen LogP contribution in [0.3, 0.4) is 0 Å². The minimum atomic E-state index is -1.31. The number of aliphatic hydroxyl groups excluding tert-OH is 1. The largest absolute Gasteiger partial charge is 0.502 e. The third kappa shape index (κ3) is 4.88. The van der Waals surface area contributed by atoms with Crippen LogP contribution < -0.4 is 0 Å². The fourth-order valence-corrected chi connectivity index (χ4v) is 2.80. The van der Waals surface area contributed by atoms with Gasteiger partial charge in [0.05, 0.1) is 0 Å². The van der Waals surface area contributed by atoms with Crippen LogP contribution in [0, 0.1) is 0 Å². The van der Waals surface area contributed by atoms with E-state index in [0.29, 0.717) is 12.5 Å². The van der Waals surface area contributed by atoms with Crippen molar-refractivity contribution in [3.63, 3.8) is 0 Å². The molecule has 0 spiro atoms. The molecule has 0 aliphatic heterocycles. The highest BCUT2D eigenvalue weighted by molar-refractivity contribution is 7.80. The number of nitrogens with zero attached hydrogens (tertiary/aromatic N) is 1. The smallest absolute Gasteiger partial charge is 0.158 e. The highest BCUT2D eigenvalue weighted by Crippen LogP contribution is 2.16. The maximum atomic E-state index is 9.15. The molecule has 2 nitrogen and oxygen atoms in total. The summed E-state index contributed by atoms with van der Waals surface area (Å²) in [5.41, 5.74) is 0. The molecule has 0 rings (SSSR count). The highest BCUT2D eigenvalue weighted by Gasteiger charge is 2.26. The van der Waals surface area contributed by atoms with Crippen LogP contribution >= 0.6 is 12.2 Å². The minimum absolute atomic E-state index is 0.0990. The van der Waals surface area contributed by atoms with Crippen molar-refractivity contribution in [1.82, 2.24) is 4.57 Å². The van der Waals surface area contributed by atoms with Gasteiger partial charge in [0.25, 0.3) is 0 Å². The van der Waals surface area contributed by atoms with Gasteiger partial charge in [0.1, 0.15) is 8.24 Å². The lowest BCUT2D eigenvalue weighted by Crippen LogP contribution is -2.49. The maximum absolute atomic E-state index is 9.15. The molecule has 0 aromatic rings. The summed E-state index contributed by atoms with van der Waals surface area (Å²) in [5.74, 6) is 0. The zero-order valence-electron chi connectivity index (χ0n) is 9.58. The SMILES string of the molecule is C=CCC(CC(O)=S)N(C)[Si](C)(C)C. The van der Waals surface area contributed by atoms with E-state index in [1.807, 2.05) is 6.08 Å². The highest BCUT2D eigenvalue weighted by atomic mass is 32.1. The normalized spacial score (nSPS) is 14.1. The zero-order valence-corrected chi connectivity index (χ0v) is 11.4. The molecule has 0 aliphatic carbocycles. The summed E-state index contributed by atoms with van der Waals surface area (Å²) in [5, 5.41) is 9.25. The molecule has 0 aromatic heterocycles. The van der Waals surface area contributed by atoms with Crippen LogP contribution in [0.4, 0.5) is 0 Å². The van der Waals surface area contributed by atoms with Gasteiger partial charge in [-0.25, -0.2) is 0 Å². The summed E-state index contributed by atoms with van der Waals surface area (Å²) in [6.07, 6.45) is 3.34. The van der Waals surface area contributed by atoms with E-state index in [2.05, 4.69) is 37.8 Å². The Morgan fingerprint density at radius 2 is 2.07 bits per heavy atom. The second-order valence-electron chi connectivity index (χ2n) is 4.56. The van der Waals surface area contributed by atoms with Gasteiger partial charge >= 0.3 is 0 Å². The third-order valence-electron chi connectivity index (χ3n) is 2.45. The number of aliphatic hydroxyl groups is 1. The van der Waals surface area contributed by atoms with Crippen LogP contribution in [-0.4, -0.2) is 36.0 Å².